The van der Waals surface area contributed by atoms with E-state index in [2.05, 4.69) is 107 Å². The number of rotatable bonds is 0. The molecule has 6 aliphatic carbocycles. The highest BCUT2D eigenvalue weighted by Crippen LogP contribution is 2.32. The van der Waals surface area contributed by atoms with Crippen molar-refractivity contribution in [2.24, 2.45) is 0 Å². The number of hydrogen-bond acceptors (Lipinski definition) is 4. The van der Waals surface area contributed by atoms with Crippen LogP contribution in [0.25, 0.3) is 21.8 Å². The summed E-state index contributed by atoms with van der Waals surface area (Å²) in [6.45, 7) is 0. The van der Waals surface area contributed by atoms with Gasteiger partial charge in [-0.05, 0) is 90.5 Å². The van der Waals surface area contributed by atoms with E-state index in [0.29, 0.717) is 0 Å². The van der Waals surface area contributed by atoms with Crippen molar-refractivity contribution in [2.75, 3.05) is 0 Å². The van der Waals surface area contributed by atoms with Gasteiger partial charge in [0.2, 0.25) is 0 Å². The first-order valence-corrected chi connectivity index (χ1v) is 15.8. The number of nitrogens with zero attached hydrogens (tertiary/aromatic N) is 2. The van der Waals surface area contributed by atoms with E-state index in [0.717, 1.165) is 22.5 Å². The standard InChI is InChI=1S/C9H12.C9H8.C8H8.C5H6.C4H2N2S2.3CH4/c2*1-2-5-9-7-3-6-8(9)4-1;1-3-7-5-2-6-8(7)4-1;1-2-4-5-3-1;1-5-3-4(7-1)6-2-8-3;;;/h6-7H,1-5H2;1-2,4-7H,3H2;1-3,6H,4-5H2;1-4H,5H2;1-2H;3*1H4. The lowest BCUT2D eigenvalue weighted by molar-refractivity contribution is 0.682. The van der Waals surface area contributed by atoms with Crippen molar-refractivity contribution >= 4 is 44.5 Å². The third-order valence-electron chi connectivity index (χ3n) is 7.19. The molecule has 0 atom stereocenters. The minimum absolute atomic E-state index is 0. The Labute approximate surface area is 262 Å². The fourth-order valence-electron chi connectivity index (χ4n) is 5.14. The smallest absolute Gasteiger partial charge is 0.154 e. The lowest BCUT2D eigenvalue weighted by atomic mass is 9.92. The zero-order valence-corrected chi connectivity index (χ0v) is 24.1. The molecule has 2 aromatic heterocycles. The maximum absolute atomic E-state index is 4.05. The Bertz CT molecular complexity index is 1450. The molecule has 2 heterocycles. The first kappa shape index (κ1) is 34.9. The van der Waals surface area contributed by atoms with Crippen molar-refractivity contribution in [3.05, 3.63) is 129 Å². The summed E-state index contributed by atoms with van der Waals surface area (Å²) < 4.78 is 0. The fourth-order valence-corrected chi connectivity index (χ4v) is 6.61. The van der Waals surface area contributed by atoms with Crippen LogP contribution in [-0.2, 0) is 0 Å². The van der Waals surface area contributed by atoms with Crippen molar-refractivity contribution in [1.29, 1.82) is 0 Å². The molecule has 0 saturated heterocycles. The lowest BCUT2D eigenvalue weighted by Crippen LogP contribution is -2.19. The van der Waals surface area contributed by atoms with Crippen LogP contribution in [0.15, 0.2) is 118 Å². The van der Waals surface area contributed by atoms with Crippen LogP contribution in [0.1, 0.15) is 80.1 Å². The Morgan fingerprint density at radius 3 is 1.48 bits per heavy atom. The normalized spacial score (nSPS) is 16.8. The van der Waals surface area contributed by atoms with E-state index in [9.17, 15) is 0 Å². The van der Waals surface area contributed by atoms with Crippen LogP contribution in [-0.4, -0.2) is 9.97 Å². The number of thiazole rings is 2. The number of hydrogen-bond donors (Lipinski definition) is 0. The van der Waals surface area contributed by atoms with Crippen LogP contribution in [0.4, 0.5) is 0 Å². The second kappa shape index (κ2) is 19.0. The molecule has 1 aromatic carbocycles. The van der Waals surface area contributed by atoms with Gasteiger partial charge in [-0.25, -0.2) is 9.97 Å². The zero-order valence-electron chi connectivity index (χ0n) is 22.5. The first-order valence-electron chi connectivity index (χ1n) is 14.0. The molecule has 0 radical (unpaired) electrons. The molecule has 0 aliphatic heterocycles. The summed E-state index contributed by atoms with van der Waals surface area (Å²) in [6.07, 6.45) is 37.9. The van der Waals surface area contributed by atoms with Crippen molar-refractivity contribution in [3.63, 3.8) is 0 Å². The number of fused-ring (bicyclic) bond motifs is 3. The summed E-state index contributed by atoms with van der Waals surface area (Å²) in [5.74, 6) is 0. The van der Waals surface area contributed by atoms with E-state index >= 15 is 0 Å². The molecule has 0 amide bonds. The molecule has 0 unspecified atom stereocenters. The van der Waals surface area contributed by atoms with Gasteiger partial charge in [-0.3, -0.25) is 0 Å². The fraction of sp³-hybridized carbons (Fsp3) is 0.316. The predicted molar refractivity (Wildman–Crippen MR) is 191 cm³/mol. The number of allylic oxidation sites excluding steroid dienone is 14. The third kappa shape index (κ3) is 10.2. The number of benzene rings is 1. The minimum atomic E-state index is 0. The van der Waals surface area contributed by atoms with Gasteiger partial charge in [-0.15, -0.1) is 22.7 Å². The summed E-state index contributed by atoms with van der Waals surface area (Å²) >= 11 is 3.16. The maximum atomic E-state index is 4.05. The molecule has 4 heteroatoms. The van der Waals surface area contributed by atoms with E-state index in [4.69, 9.17) is 0 Å². The molecule has 42 heavy (non-hydrogen) atoms. The van der Waals surface area contributed by atoms with E-state index in [1.54, 1.807) is 33.8 Å². The highest BCUT2D eigenvalue weighted by molar-refractivity contribution is 7.24. The Balaban J connectivity index is 0.000000182. The molecule has 6 aliphatic rings. The average Bonchev–Trinajstić information content (AvgIpc) is 3.82. The molecule has 222 valence electrons. The van der Waals surface area contributed by atoms with E-state index in [1.165, 1.54) is 66.5 Å². The van der Waals surface area contributed by atoms with E-state index in [-0.39, 0.29) is 22.3 Å². The van der Waals surface area contributed by atoms with Gasteiger partial charge in [0, 0.05) is 0 Å². The first-order chi connectivity index (χ1) is 19.4. The van der Waals surface area contributed by atoms with Crippen LogP contribution >= 0.6 is 22.7 Å². The van der Waals surface area contributed by atoms with Crippen molar-refractivity contribution < 1.29 is 0 Å². The highest BCUT2D eigenvalue weighted by Gasteiger charge is 2.13. The second-order valence-electron chi connectivity index (χ2n) is 9.84. The Morgan fingerprint density at radius 2 is 1.02 bits per heavy atom. The summed E-state index contributed by atoms with van der Waals surface area (Å²) in [5.41, 5.74) is 10.0. The summed E-state index contributed by atoms with van der Waals surface area (Å²) in [7, 11) is 0. The predicted octanol–water partition coefficient (Wildman–Crippen LogP) is 10.8. The molecule has 1 fully saturated rings. The van der Waals surface area contributed by atoms with Gasteiger partial charge in [0.05, 0.1) is 11.0 Å². The summed E-state index contributed by atoms with van der Waals surface area (Å²) in [4.78, 5) is 10.2. The summed E-state index contributed by atoms with van der Waals surface area (Å²) in [6, 6.07) is 8.46. The Hall–Kier alpha value is -3.34. The van der Waals surface area contributed by atoms with Crippen LogP contribution in [0.2, 0.25) is 0 Å². The third-order valence-corrected chi connectivity index (χ3v) is 8.78. The van der Waals surface area contributed by atoms with Gasteiger partial charge in [-0.2, -0.15) is 0 Å². The largest absolute Gasteiger partial charge is 0.232 e. The zero-order chi connectivity index (χ0) is 26.5. The highest BCUT2D eigenvalue weighted by atomic mass is 32.1. The lowest BCUT2D eigenvalue weighted by Gasteiger charge is -2.13. The van der Waals surface area contributed by atoms with Gasteiger partial charge in [0.15, 0.2) is 9.66 Å². The van der Waals surface area contributed by atoms with Crippen LogP contribution in [0.3, 0.4) is 0 Å². The molecule has 2 nitrogen and oxygen atoms in total. The van der Waals surface area contributed by atoms with Crippen LogP contribution in [0, 0.1) is 0 Å². The second-order valence-corrected chi connectivity index (χ2v) is 11.5. The van der Waals surface area contributed by atoms with Gasteiger partial charge in [0.25, 0.3) is 0 Å². The quantitative estimate of drug-likeness (QED) is 0.258. The molecular weight excluding hydrogens is 549 g/mol. The molecule has 3 aromatic rings. The number of aromatic nitrogens is 2. The van der Waals surface area contributed by atoms with Crippen molar-refractivity contribution in [3.8, 4) is 0 Å². The van der Waals surface area contributed by atoms with Crippen LogP contribution < -0.4 is 10.4 Å². The minimum Gasteiger partial charge on any atom is -0.232 e. The van der Waals surface area contributed by atoms with Gasteiger partial charge in [0.1, 0.15) is 0 Å². The Kier molecular flexibility index (Phi) is 15.7. The Morgan fingerprint density at radius 1 is 0.548 bits per heavy atom. The topological polar surface area (TPSA) is 25.8 Å². The molecule has 1 saturated carbocycles. The monoisotopic (exact) mass is 596 g/mol. The van der Waals surface area contributed by atoms with Crippen LogP contribution in [0.5, 0.6) is 0 Å². The average molecular weight is 597 g/mol. The SMILES string of the molecule is C.C.C.C1=C2CCCCC2=CC1.C1=CC2=C(C=CC2)C1.C1=CCC=C1.C1=c2ccccc2=CC1.c1nc2scnc2s1. The molecule has 0 bridgehead atoms. The van der Waals surface area contributed by atoms with Gasteiger partial charge >= 0.3 is 0 Å². The van der Waals surface area contributed by atoms with Gasteiger partial charge < -0.3 is 0 Å². The van der Waals surface area contributed by atoms with Crippen molar-refractivity contribution in [1.82, 2.24) is 9.97 Å². The van der Waals surface area contributed by atoms with E-state index < -0.39 is 0 Å². The molecule has 0 N–H and O–H groups in total. The molecule has 0 spiro atoms. The van der Waals surface area contributed by atoms with Gasteiger partial charge in [-0.1, -0.05) is 119 Å². The van der Waals surface area contributed by atoms with Crippen molar-refractivity contribution in [2.45, 2.75) is 80.1 Å². The molecule has 9 rings (SSSR count). The maximum Gasteiger partial charge on any atom is 0.154 e. The molecular formula is C38H48N2S2. The van der Waals surface area contributed by atoms with E-state index in [1.807, 2.05) is 11.0 Å². The summed E-state index contributed by atoms with van der Waals surface area (Å²) in [5, 5.41) is 2.77.